The van der Waals surface area contributed by atoms with Crippen molar-refractivity contribution in [3.63, 3.8) is 0 Å². The Labute approximate surface area is 152 Å². The van der Waals surface area contributed by atoms with Gasteiger partial charge in [0.2, 0.25) is 5.91 Å². The standard InChI is InChI=1S/C19H25N5O2/c1-13-16(7-8-17(25)24-10-4-6-15(12-24)20-2)19(26)23-18(22-13)14-5-3-9-21-11-14/h3,5,9,11,15,20H,4,6-8,10,12H2,1-2H3,(H,22,23,26). The number of rotatable bonds is 5. The highest BCUT2D eigenvalue weighted by atomic mass is 16.2. The molecule has 1 saturated heterocycles. The maximum atomic E-state index is 12.5. The summed E-state index contributed by atoms with van der Waals surface area (Å²) in [6.07, 6.45) is 6.18. The topological polar surface area (TPSA) is 91.0 Å². The summed E-state index contributed by atoms with van der Waals surface area (Å²) in [5.41, 5.74) is 1.82. The van der Waals surface area contributed by atoms with E-state index in [9.17, 15) is 9.59 Å². The normalized spacial score (nSPS) is 17.3. The molecule has 1 aliphatic rings. The maximum absolute atomic E-state index is 12.5. The first-order chi connectivity index (χ1) is 12.6. The van der Waals surface area contributed by atoms with E-state index in [1.54, 1.807) is 18.5 Å². The fourth-order valence-corrected chi connectivity index (χ4v) is 3.37. The molecule has 2 N–H and O–H groups in total. The van der Waals surface area contributed by atoms with E-state index in [0.29, 0.717) is 36.0 Å². The highest BCUT2D eigenvalue weighted by Gasteiger charge is 2.22. The molecule has 0 bridgehead atoms. The second-order valence-corrected chi connectivity index (χ2v) is 6.69. The number of hydrogen-bond acceptors (Lipinski definition) is 5. The Morgan fingerprint density at radius 2 is 2.31 bits per heavy atom. The summed E-state index contributed by atoms with van der Waals surface area (Å²) in [6, 6.07) is 4.01. The lowest BCUT2D eigenvalue weighted by molar-refractivity contribution is -0.132. The molecule has 1 aliphatic heterocycles. The van der Waals surface area contributed by atoms with E-state index in [-0.39, 0.29) is 11.5 Å². The number of likely N-dealkylation sites (N-methyl/N-ethyl adjacent to an activating group) is 1. The quantitative estimate of drug-likeness (QED) is 0.843. The molecule has 138 valence electrons. The van der Waals surface area contributed by atoms with Crippen molar-refractivity contribution in [2.45, 2.75) is 38.6 Å². The van der Waals surface area contributed by atoms with Gasteiger partial charge in [-0.15, -0.1) is 0 Å². The lowest BCUT2D eigenvalue weighted by Crippen LogP contribution is -2.47. The van der Waals surface area contributed by atoms with E-state index in [1.165, 1.54) is 0 Å². The van der Waals surface area contributed by atoms with Gasteiger partial charge < -0.3 is 15.2 Å². The molecule has 1 unspecified atom stereocenters. The zero-order chi connectivity index (χ0) is 18.5. The molecule has 0 radical (unpaired) electrons. The Balaban J connectivity index is 1.68. The number of carbonyl (C=O) groups is 1. The third-order valence-electron chi connectivity index (χ3n) is 4.93. The van der Waals surface area contributed by atoms with Crippen molar-refractivity contribution in [3.05, 3.63) is 46.1 Å². The minimum absolute atomic E-state index is 0.0973. The summed E-state index contributed by atoms with van der Waals surface area (Å²) in [5.74, 6) is 0.601. The number of amides is 1. The van der Waals surface area contributed by atoms with Crippen LogP contribution in [0.5, 0.6) is 0 Å². The predicted octanol–water partition coefficient (Wildman–Crippen LogP) is 1.28. The molecule has 26 heavy (non-hydrogen) atoms. The summed E-state index contributed by atoms with van der Waals surface area (Å²) in [6.45, 7) is 3.35. The molecule has 0 saturated carbocycles. The van der Waals surface area contributed by atoms with Gasteiger partial charge in [-0.05, 0) is 45.4 Å². The Hall–Kier alpha value is -2.54. The lowest BCUT2D eigenvalue weighted by atomic mass is 10.0. The number of aromatic nitrogens is 3. The first kappa shape index (κ1) is 18.3. The molecule has 3 rings (SSSR count). The van der Waals surface area contributed by atoms with Crippen molar-refractivity contribution in [3.8, 4) is 11.4 Å². The number of carbonyl (C=O) groups excluding carboxylic acids is 1. The van der Waals surface area contributed by atoms with Gasteiger partial charge in [-0.1, -0.05) is 0 Å². The number of nitrogens with zero attached hydrogens (tertiary/aromatic N) is 3. The van der Waals surface area contributed by atoms with Crippen LogP contribution >= 0.6 is 0 Å². The highest BCUT2D eigenvalue weighted by molar-refractivity contribution is 5.76. The fourth-order valence-electron chi connectivity index (χ4n) is 3.37. The zero-order valence-corrected chi connectivity index (χ0v) is 15.3. The van der Waals surface area contributed by atoms with E-state index in [4.69, 9.17) is 0 Å². The first-order valence-corrected chi connectivity index (χ1v) is 9.03. The van der Waals surface area contributed by atoms with Crippen molar-refractivity contribution < 1.29 is 4.79 Å². The molecule has 0 spiro atoms. The van der Waals surface area contributed by atoms with E-state index in [2.05, 4.69) is 20.3 Å². The number of hydrogen-bond donors (Lipinski definition) is 2. The second-order valence-electron chi connectivity index (χ2n) is 6.69. The fraction of sp³-hybridized carbons (Fsp3) is 0.474. The number of aromatic amines is 1. The molecular weight excluding hydrogens is 330 g/mol. The van der Waals surface area contributed by atoms with Crippen LogP contribution in [-0.2, 0) is 11.2 Å². The van der Waals surface area contributed by atoms with Gasteiger partial charge in [-0.25, -0.2) is 4.98 Å². The molecule has 7 nitrogen and oxygen atoms in total. The molecule has 2 aromatic rings. The minimum atomic E-state index is -0.184. The average molecular weight is 355 g/mol. The monoisotopic (exact) mass is 355 g/mol. The number of nitrogens with one attached hydrogen (secondary N) is 2. The van der Waals surface area contributed by atoms with Crippen LogP contribution in [0.3, 0.4) is 0 Å². The number of H-pyrrole nitrogens is 1. The Kier molecular flexibility index (Phi) is 5.78. The van der Waals surface area contributed by atoms with Crippen LogP contribution in [0.15, 0.2) is 29.3 Å². The number of piperidine rings is 1. The molecule has 1 amide bonds. The molecule has 7 heteroatoms. The van der Waals surface area contributed by atoms with Gasteiger partial charge in [0.1, 0.15) is 5.82 Å². The van der Waals surface area contributed by atoms with Gasteiger partial charge in [-0.3, -0.25) is 14.6 Å². The van der Waals surface area contributed by atoms with Crippen LogP contribution < -0.4 is 10.9 Å². The maximum Gasteiger partial charge on any atom is 0.254 e. The first-order valence-electron chi connectivity index (χ1n) is 9.03. The van der Waals surface area contributed by atoms with Crippen molar-refractivity contribution in [1.29, 1.82) is 0 Å². The zero-order valence-electron chi connectivity index (χ0n) is 15.3. The summed E-state index contributed by atoms with van der Waals surface area (Å²) in [5, 5.41) is 3.24. The number of pyridine rings is 1. The molecule has 3 heterocycles. The van der Waals surface area contributed by atoms with Crippen LogP contribution in [0.4, 0.5) is 0 Å². The van der Waals surface area contributed by atoms with E-state index in [0.717, 1.165) is 31.5 Å². The van der Waals surface area contributed by atoms with Gasteiger partial charge in [0, 0.05) is 54.8 Å². The SMILES string of the molecule is CNC1CCCN(C(=O)CCc2c(C)nc(-c3cccnc3)[nH]c2=O)C1. The highest BCUT2D eigenvalue weighted by Crippen LogP contribution is 2.15. The molecule has 2 aromatic heterocycles. The third kappa shape index (κ3) is 4.16. The van der Waals surface area contributed by atoms with Crippen molar-refractivity contribution in [2.24, 2.45) is 0 Å². The van der Waals surface area contributed by atoms with Crippen molar-refractivity contribution >= 4 is 5.91 Å². The molecular formula is C19H25N5O2. The summed E-state index contributed by atoms with van der Waals surface area (Å²) in [4.78, 5) is 38.2. The average Bonchev–Trinajstić information content (AvgIpc) is 2.67. The van der Waals surface area contributed by atoms with Gasteiger partial charge in [0.25, 0.3) is 5.56 Å². The third-order valence-corrected chi connectivity index (χ3v) is 4.93. The Bertz CT molecular complexity index is 818. The van der Waals surface area contributed by atoms with E-state index >= 15 is 0 Å². The summed E-state index contributed by atoms with van der Waals surface area (Å²) in [7, 11) is 1.93. The van der Waals surface area contributed by atoms with Crippen LogP contribution in [0.2, 0.25) is 0 Å². The molecule has 0 aliphatic carbocycles. The second kappa shape index (κ2) is 8.23. The van der Waals surface area contributed by atoms with E-state index in [1.807, 2.05) is 24.9 Å². The van der Waals surface area contributed by atoms with Crippen LogP contribution in [0.25, 0.3) is 11.4 Å². The smallest absolute Gasteiger partial charge is 0.254 e. The van der Waals surface area contributed by atoms with Gasteiger partial charge in [0.15, 0.2) is 0 Å². The van der Waals surface area contributed by atoms with Gasteiger partial charge in [0.05, 0.1) is 0 Å². The van der Waals surface area contributed by atoms with E-state index < -0.39 is 0 Å². The molecule has 0 aromatic carbocycles. The number of aryl methyl sites for hydroxylation is 1. The molecule has 1 fully saturated rings. The Morgan fingerprint density at radius 1 is 1.46 bits per heavy atom. The van der Waals surface area contributed by atoms with Crippen LogP contribution in [-0.4, -0.2) is 51.9 Å². The van der Waals surface area contributed by atoms with Crippen molar-refractivity contribution in [2.75, 3.05) is 20.1 Å². The number of likely N-dealkylation sites (tertiary alicyclic amines) is 1. The van der Waals surface area contributed by atoms with Crippen LogP contribution in [0, 0.1) is 6.92 Å². The predicted molar refractivity (Wildman–Crippen MR) is 99.8 cm³/mol. The van der Waals surface area contributed by atoms with Gasteiger partial charge in [-0.2, -0.15) is 0 Å². The lowest BCUT2D eigenvalue weighted by Gasteiger charge is -2.32. The largest absolute Gasteiger partial charge is 0.341 e. The molecule has 1 atom stereocenters. The Morgan fingerprint density at radius 3 is 3.00 bits per heavy atom. The van der Waals surface area contributed by atoms with Gasteiger partial charge >= 0.3 is 0 Å². The summed E-state index contributed by atoms with van der Waals surface area (Å²) >= 11 is 0. The van der Waals surface area contributed by atoms with Crippen LogP contribution in [0.1, 0.15) is 30.5 Å². The summed E-state index contributed by atoms with van der Waals surface area (Å²) < 4.78 is 0. The minimum Gasteiger partial charge on any atom is -0.341 e. The van der Waals surface area contributed by atoms with Crippen molar-refractivity contribution in [1.82, 2.24) is 25.2 Å².